The molecular weight excluding hydrogens is 293 g/mol. The number of carbonyl (C=O) groups excluding carboxylic acids is 1. The number of amides is 1. The Morgan fingerprint density at radius 2 is 1.85 bits per heavy atom. The Bertz CT molecular complexity index is 626. The second-order valence-corrected chi connectivity index (χ2v) is 5.30. The molecule has 0 heterocycles. The lowest BCUT2D eigenvalue weighted by Gasteiger charge is -2.10. The van der Waals surface area contributed by atoms with Crippen LogP contribution in [0.5, 0.6) is 0 Å². The third-order valence-electron chi connectivity index (χ3n) is 3.02. The van der Waals surface area contributed by atoms with Crippen LogP contribution in [-0.4, -0.2) is 5.91 Å². The van der Waals surface area contributed by atoms with E-state index in [-0.39, 0.29) is 12.3 Å². The zero-order chi connectivity index (χ0) is 14.5. The van der Waals surface area contributed by atoms with Crippen LogP contribution in [0.15, 0.2) is 42.5 Å². The molecule has 0 saturated heterocycles. The molecule has 0 aromatic heterocycles. The fourth-order valence-electron chi connectivity index (χ4n) is 1.98. The van der Waals surface area contributed by atoms with E-state index in [9.17, 15) is 4.79 Å². The predicted octanol–water partition coefficient (Wildman–Crippen LogP) is 4.74. The van der Waals surface area contributed by atoms with Crippen LogP contribution in [0, 0.1) is 0 Å². The summed E-state index contributed by atoms with van der Waals surface area (Å²) < 4.78 is 0. The highest BCUT2D eigenvalue weighted by atomic mass is 35.5. The summed E-state index contributed by atoms with van der Waals surface area (Å²) in [4.78, 5) is 12.1. The molecule has 2 nitrogen and oxygen atoms in total. The van der Waals surface area contributed by atoms with Crippen molar-refractivity contribution in [3.63, 3.8) is 0 Å². The molecule has 4 heteroatoms. The van der Waals surface area contributed by atoms with Crippen LogP contribution in [0.3, 0.4) is 0 Å². The van der Waals surface area contributed by atoms with Crippen molar-refractivity contribution >= 4 is 34.8 Å². The maximum absolute atomic E-state index is 12.1. The number of aryl methyl sites for hydroxylation is 1. The van der Waals surface area contributed by atoms with Gasteiger partial charge in [0.05, 0.1) is 16.5 Å². The molecule has 20 heavy (non-hydrogen) atoms. The van der Waals surface area contributed by atoms with Crippen molar-refractivity contribution in [1.82, 2.24) is 0 Å². The lowest BCUT2D eigenvalue weighted by Crippen LogP contribution is -2.15. The molecule has 104 valence electrons. The normalized spacial score (nSPS) is 10.3. The SMILES string of the molecule is CCc1ccccc1NC(=O)Cc1ccc(Cl)c(Cl)c1. The molecule has 2 aromatic carbocycles. The molecule has 0 aliphatic heterocycles. The van der Waals surface area contributed by atoms with E-state index < -0.39 is 0 Å². The molecule has 0 bridgehead atoms. The van der Waals surface area contributed by atoms with Gasteiger partial charge in [0.25, 0.3) is 0 Å². The summed E-state index contributed by atoms with van der Waals surface area (Å²) in [5.41, 5.74) is 2.82. The van der Waals surface area contributed by atoms with Gasteiger partial charge in [-0.3, -0.25) is 4.79 Å². The van der Waals surface area contributed by atoms with Gasteiger partial charge in [0.15, 0.2) is 0 Å². The van der Waals surface area contributed by atoms with Crippen molar-refractivity contribution in [3.05, 3.63) is 63.6 Å². The van der Waals surface area contributed by atoms with E-state index in [2.05, 4.69) is 12.2 Å². The van der Waals surface area contributed by atoms with Crippen LogP contribution >= 0.6 is 23.2 Å². The minimum atomic E-state index is -0.0655. The summed E-state index contributed by atoms with van der Waals surface area (Å²) in [6, 6.07) is 13.0. The zero-order valence-electron chi connectivity index (χ0n) is 11.1. The zero-order valence-corrected chi connectivity index (χ0v) is 12.6. The number of benzene rings is 2. The number of halogens is 2. The van der Waals surface area contributed by atoms with Crippen molar-refractivity contribution in [3.8, 4) is 0 Å². The van der Waals surface area contributed by atoms with E-state index in [1.54, 1.807) is 18.2 Å². The molecule has 0 aliphatic rings. The van der Waals surface area contributed by atoms with E-state index in [1.165, 1.54) is 0 Å². The molecule has 0 atom stereocenters. The van der Waals surface area contributed by atoms with Crippen LogP contribution < -0.4 is 5.32 Å². The third kappa shape index (κ3) is 3.75. The lowest BCUT2D eigenvalue weighted by molar-refractivity contribution is -0.115. The van der Waals surface area contributed by atoms with E-state index in [0.717, 1.165) is 23.2 Å². The van der Waals surface area contributed by atoms with Gasteiger partial charge in [-0.2, -0.15) is 0 Å². The number of nitrogens with one attached hydrogen (secondary N) is 1. The minimum Gasteiger partial charge on any atom is -0.326 e. The maximum Gasteiger partial charge on any atom is 0.228 e. The van der Waals surface area contributed by atoms with Gasteiger partial charge in [0.1, 0.15) is 0 Å². The van der Waals surface area contributed by atoms with Crippen molar-refractivity contribution in [2.24, 2.45) is 0 Å². The van der Waals surface area contributed by atoms with E-state index in [1.807, 2.05) is 24.3 Å². The van der Waals surface area contributed by atoms with Gasteiger partial charge in [-0.25, -0.2) is 0 Å². The van der Waals surface area contributed by atoms with Crippen LogP contribution in [-0.2, 0) is 17.6 Å². The molecule has 1 N–H and O–H groups in total. The Morgan fingerprint density at radius 3 is 2.55 bits per heavy atom. The standard InChI is InChI=1S/C16H15Cl2NO/c1-2-12-5-3-4-6-15(12)19-16(20)10-11-7-8-13(17)14(18)9-11/h3-9H,2,10H2,1H3,(H,19,20). The fraction of sp³-hybridized carbons (Fsp3) is 0.188. The van der Waals surface area contributed by atoms with Gasteiger partial charge in [-0.1, -0.05) is 54.4 Å². The highest BCUT2D eigenvalue weighted by Gasteiger charge is 2.08. The van der Waals surface area contributed by atoms with Gasteiger partial charge >= 0.3 is 0 Å². The second kappa shape index (κ2) is 6.78. The average Bonchev–Trinajstić information content (AvgIpc) is 2.43. The molecule has 0 fully saturated rings. The maximum atomic E-state index is 12.1. The summed E-state index contributed by atoms with van der Waals surface area (Å²) in [5, 5.41) is 3.89. The Morgan fingerprint density at radius 1 is 1.10 bits per heavy atom. The predicted molar refractivity (Wildman–Crippen MR) is 84.6 cm³/mol. The molecule has 0 spiro atoms. The molecule has 1 amide bonds. The minimum absolute atomic E-state index is 0.0655. The molecule has 0 radical (unpaired) electrons. The monoisotopic (exact) mass is 307 g/mol. The Hall–Kier alpha value is -1.51. The number of para-hydroxylation sites is 1. The summed E-state index contributed by atoms with van der Waals surface area (Å²) in [6.45, 7) is 2.06. The quantitative estimate of drug-likeness (QED) is 0.868. The van der Waals surface area contributed by atoms with Gasteiger partial charge in [-0.15, -0.1) is 0 Å². The Labute approximate surface area is 128 Å². The van der Waals surface area contributed by atoms with Gasteiger partial charge < -0.3 is 5.32 Å². The van der Waals surface area contributed by atoms with E-state index in [4.69, 9.17) is 23.2 Å². The first-order valence-electron chi connectivity index (χ1n) is 6.42. The number of anilines is 1. The highest BCUT2D eigenvalue weighted by molar-refractivity contribution is 6.42. The van der Waals surface area contributed by atoms with Crippen LogP contribution in [0.4, 0.5) is 5.69 Å². The summed E-state index contributed by atoms with van der Waals surface area (Å²) >= 11 is 11.8. The first kappa shape index (κ1) is 14.9. The van der Waals surface area contributed by atoms with Crippen molar-refractivity contribution < 1.29 is 4.79 Å². The molecule has 0 saturated carbocycles. The summed E-state index contributed by atoms with van der Waals surface area (Å²) in [7, 11) is 0. The van der Waals surface area contributed by atoms with Crippen LogP contribution in [0.25, 0.3) is 0 Å². The first-order valence-corrected chi connectivity index (χ1v) is 7.17. The number of rotatable bonds is 4. The highest BCUT2D eigenvalue weighted by Crippen LogP contribution is 2.23. The molecule has 2 rings (SSSR count). The number of hydrogen-bond acceptors (Lipinski definition) is 1. The van der Waals surface area contributed by atoms with Crippen molar-refractivity contribution in [1.29, 1.82) is 0 Å². The fourth-order valence-corrected chi connectivity index (χ4v) is 2.30. The average molecular weight is 308 g/mol. The van der Waals surface area contributed by atoms with Gasteiger partial charge in [0, 0.05) is 5.69 Å². The van der Waals surface area contributed by atoms with Crippen LogP contribution in [0.1, 0.15) is 18.1 Å². The van der Waals surface area contributed by atoms with Crippen molar-refractivity contribution in [2.45, 2.75) is 19.8 Å². The molecule has 0 unspecified atom stereocenters. The number of carbonyl (C=O) groups is 1. The summed E-state index contributed by atoms with van der Waals surface area (Å²) in [6.07, 6.45) is 1.15. The topological polar surface area (TPSA) is 29.1 Å². The first-order chi connectivity index (χ1) is 9.60. The van der Waals surface area contributed by atoms with Gasteiger partial charge in [-0.05, 0) is 35.7 Å². The van der Waals surface area contributed by atoms with E-state index in [0.29, 0.717) is 10.0 Å². The number of hydrogen-bond donors (Lipinski definition) is 1. The molecule has 2 aromatic rings. The Kier molecular flexibility index (Phi) is 5.05. The molecular formula is C16H15Cl2NO. The van der Waals surface area contributed by atoms with E-state index >= 15 is 0 Å². The largest absolute Gasteiger partial charge is 0.326 e. The molecule has 0 aliphatic carbocycles. The smallest absolute Gasteiger partial charge is 0.228 e. The Balaban J connectivity index is 2.07. The summed E-state index contributed by atoms with van der Waals surface area (Å²) in [5.74, 6) is -0.0655. The third-order valence-corrected chi connectivity index (χ3v) is 3.76. The second-order valence-electron chi connectivity index (χ2n) is 4.48. The lowest BCUT2D eigenvalue weighted by atomic mass is 10.1. The van der Waals surface area contributed by atoms with Crippen molar-refractivity contribution in [2.75, 3.05) is 5.32 Å². The van der Waals surface area contributed by atoms with Crippen LogP contribution in [0.2, 0.25) is 10.0 Å². The van der Waals surface area contributed by atoms with Gasteiger partial charge in [0.2, 0.25) is 5.91 Å².